The first-order valence-electron chi connectivity index (χ1n) is 8.31. The zero-order valence-corrected chi connectivity index (χ0v) is 17.0. The Morgan fingerprint density at radius 3 is 1.74 bits per heavy atom. The predicted molar refractivity (Wildman–Crippen MR) is 112 cm³/mol. The van der Waals surface area contributed by atoms with Gasteiger partial charge in [0.1, 0.15) is 5.76 Å². The van der Waals surface area contributed by atoms with E-state index >= 15 is 0 Å². The minimum absolute atomic E-state index is 0.252. The summed E-state index contributed by atoms with van der Waals surface area (Å²) in [5, 5.41) is 14.4. The van der Waals surface area contributed by atoms with Crippen LogP contribution in [0.1, 0.15) is 53.4 Å². The second kappa shape index (κ2) is 11.9. The van der Waals surface area contributed by atoms with Crippen molar-refractivity contribution in [1.82, 2.24) is 0 Å². The van der Waals surface area contributed by atoms with Crippen LogP contribution in [0, 0.1) is 0 Å². The lowest BCUT2D eigenvalue weighted by Gasteiger charge is -1.82. The molecule has 27 heavy (non-hydrogen) atoms. The highest BCUT2D eigenvalue weighted by atomic mass is 32.2. The third-order valence-corrected chi connectivity index (χ3v) is 3.77. The number of oxime groups is 2. The van der Waals surface area contributed by atoms with E-state index in [1.54, 1.807) is 13.1 Å². The molecular formula is C18H25N5O3S. The molecule has 9 heteroatoms. The molecule has 0 atom stereocenters. The van der Waals surface area contributed by atoms with Crippen LogP contribution >= 0.6 is 11.9 Å². The Kier molecular flexibility index (Phi) is 9.95. The van der Waals surface area contributed by atoms with Gasteiger partial charge < -0.3 is 9.68 Å². The molecule has 0 aliphatic carbocycles. The van der Waals surface area contributed by atoms with Gasteiger partial charge in [0.15, 0.2) is 0 Å². The van der Waals surface area contributed by atoms with Gasteiger partial charge in [-0.1, -0.05) is 23.5 Å². The van der Waals surface area contributed by atoms with Gasteiger partial charge in [-0.15, -0.1) is 0 Å². The smallest absolute Gasteiger partial charge is 0.340 e. The van der Waals surface area contributed by atoms with Gasteiger partial charge in [0, 0.05) is 53.8 Å². The maximum Gasteiger partial charge on any atom is 0.340 e. The monoisotopic (exact) mass is 391 g/mol. The molecule has 0 N–H and O–H groups in total. The molecule has 0 amide bonds. The molecule has 8 nitrogen and oxygen atoms in total. The highest BCUT2D eigenvalue weighted by molar-refractivity contribution is 8.02. The van der Waals surface area contributed by atoms with Crippen molar-refractivity contribution < 1.29 is 14.5 Å². The first kappa shape index (κ1) is 22.5. The van der Waals surface area contributed by atoms with Crippen LogP contribution in [0.25, 0.3) is 0 Å². The molecule has 0 radical (unpaired) electrons. The molecule has 4 heterocycles. The number of carbonyl (C=O) groups is 1. The van der Waals surface area contributed by atoms with Gasteiger partial charge in [0.05, 0.1) is 17.8 Å². The summed E-state index contributed by atoms with van der Waals surface area (Å²) in [5.74, 6) is 0.495. The third kappa shape index (κ3) is 10.9. The van der Waals surface area contributed by atoms with Gasteiger partial charge in [0.2, 0.25) is 0 Å². The van der Waals surface area contributed by atoms with Crippen LogP contribution in [0.5, 0.6) is 0 Å². The molecule has 0 aromatic rings. The van der Waals surface area contributed by atoms with Crippen LogP contribution in [0.2, 0.25) is 0 Å². The van der Waals surface area contributed by atoms with Gasteiger partial charge in [0.25, 0.3) is 0 Å². The lowest BCUT2D eigenvalue weighted by molar-refractivity contribution is -0.140. The lowest BCUT2D eigenvalue weighted by atomic mass is 10.3. The van der Waals surface area contributed by atoms with Gasteiger partial charge in [-0.3, -0.25) is 0 Å². The zero-order valence-electron chi connectivity index (χ0n) is 16.2. The summed E-state index contributed by atoms with van der Waals surface area (Å²) < 4.78 is 4.05. The molecule has 0 aromatic heterocycles. The van der Waals surface area contributed by atoms with E-state index in [-0.39, 0.29) is 5.97 Å². The Hall–Kier alpha value is -2.55. The van der Waals surface area contributed by atoms with Crippen LogP contribution in [-0.2, 0) is 14.5 Å². The normalized spacial score (nSPS) is 19.2. The van der Waals surface area contributed by atoms with Crippen molar-refractivity contribution in [2.45, 2.75) is 53.4 Å². The summed E-state index contributed by atoms with van der Waals surface area (Å²) in [6.07, 6.45) is 4.90. The van der Waals surface area contributed by atoms with E-state index in [9.17, 15) is 4.79 Å². The van der Waals surface area contributed by atoms with Crippen LogP contribution in [0.15, 0.2) is 48.7 Å². The number of carbonyl (C=O) groups excluding carboxylic acids is 1. The standard InChI is InChI=1S/C5H7NO.C5H7NS.C4H6N2.C4H5NO2/c2*1-4-3-5(2)7-6-4;1-4-2-3-5-6-4;1-3-2-4(6)7-5-3/h2*2-3H2,1H3;3H,2H2,1H3;2H2,1H3. The Labute approximate surface area is 164 Å². The largest absolute Gasteiger partial charge is 0.362 e. The molecule has 0 aromatic carbocycles. The van der Waals surface area contributed by atoms with Gasteiger partial charge in [-0.2, -0.15) is 10.2 Å². The minimum atomic E-state index is -0.252. The Bertz CT molecular complexity index is 659. The third-order valence-electron chi connectivity index (χ3n) is 2.97. The van der Waals surface area contributed by atoms with Crippen LogP contribution in [0.3, 0.4) is 0 Å². The number of rotatable bonds is 0. The fraction of sp³-hybridized carbons (Fsp3) is 0.444. The summed E-state index contributed by atoms with van der Waals surface area (Å²) in [4.78, 5) is 20.2. The van der Waals surface area contributed by atoms with E-state index in [2.05, 4.69) is 47.7 Å². The molecule has 0 saturated heterocycles. The Morgan fingerprint density at radius 1 is 0.926 bits per heavy atom. The summed E-state index contributed by atoms with van der Waals surface area (Å²) in [5.41, 5.74) is 4.06. The van der Waals surface area contributed by atoms with E-state index in [0.29, 0.717) is 6.42 Å². The number of hydrogen-bond acceptors (Lipinski definition) is 9. The fourth-order valence-corrected chi connectivity index (χ4v) is 2.36. The number of nitrogens with zero attached hydrogens (tertiary/aromatic N) is 5. The van der Waals surface area contributed by atoms with Crippen molar-refractivity contribution in [2.24, 2.45) is 24.9 Å². The fourth-order valence-electron chi connectivity index (χ4n) is 1.74. The summed E-state index contributed by atoms with van der Waals surface area (Å²) in [6, 6.07) is 0. The molecular weight excluding hydrogens is 366 g/mol. The molecule has 0 fully saturated rings. The van der Waals surface area contributed by atoms with Crippen molar-refractivity contribution in [1.29, 1.82) is 0 Å². The first-order valence-corrected chi connectivity index (χ1v) is 9.08. The molecule has 4 aliphatic rings. The molecule has 146 valence electrons. The quantitative estimate of drug-likeness (QED) is 0.450. The molecule has 4 rings (SSSR count). The highest BCUT2D eigenvalue weighted by Gasteiger charge is 2.11. The van der Waals surface area contributed by atoms with E-state index in [4.69, 9.17) is 0 Å². The molecule has 0 bridgehead atoms. The van der Waals surface area contributed by atoms with Gasteiger partial charge >= 0.3 is 5.97 Å². The predicted octanol–water partition coefficient (Wildman–Crippen LogP) is 4.46. The lowest BCUT2D eigenvalue weighted by Crippen LogP contribution is -1.92. The molecule has 0 spiro atoms. The Balaban J connectivity index is 0.000000180. The number of allylic oxidation sites excluding steroid dienone is 2. The second-order valence-corrected chi connectivity index (χ2v) is 7.01. The first-order chi connectivity index (χ1) is 12.8. The van der Waals surface area contributed by atoms with E-state index in [0.717, 1.165) is 47.1 Å². The van der Waals surface area contributed by atoms with Crippen LogP contribution in [0.4, 0.5) is 0 Å². The SMILES string of the molecule is C=C1CC(C)=NO1.C=C1CC(C)=NS1.CC1=NN=CC1.CC1=NOC(=O)C1. The highest BCUT2D eigenvalue weighted by Crippen LogP contribution is 2.26. The summed E-state index contributed by atoms with van der Waals surface area (Å²) >= 11 is 1.50. The van der Waals surface area contributed by atoms with Crippen molar-refractivity contribution in [3.8, 4) is 0 Å². The average molecular weight is 391 g/mol. The second-order valence-electron chi connectivity index (χ2n) is 6.07. The summed E-state index contributed by atoms with van der Waals surface area (Å²) in [7, 11) is 0. The molecule has 4 aliphatic heterocycles. The van der Waals surface area contributed by atoms with Crippen LogP contribution < -0.4 is 0 Å². The van der Waals surface area contributed by atoms with Crippen molar-refractivity contribution in [3.05, 3.63) is 23.8 Å². The summed E-state index contributed by atoms with van der Waals surface area (Å²) in [6.45, 7) is 15.0. The topological polar surface area (TPSA) is 97.3 Å². The van der Waals surface area contributed by atoms with Crippen molar-refractivity contribution in [2.75, 3.05) is 0 Å². The maximum absolute atomic E-state index is 10.1. The molecule has 0 unspecified atom stereocenters. The van der Waals surface area contributed by atoms with E-state index < -0.39 is 0 Å². The van der Waals surface area contributed by atoms with Crippen LogP contribution in [-0.4, -0.2) is 35.0 Å². The number of hydrogen-bond donors (Lipinski definition) is 0. The maximum atomic E-state index is 10.1. The Morgan fingerprint density at radius 2 is 1.59 bits per heavy atom. The zero-order chi connectivity index (χ0) is 20.2. The van der Waals surface area contributed by atoms with Gasteiger partial charge in [-0.05, 0) is 27.7 Å². The minimum Gasteiger partial charge on any atom is -0.362 e. The average Bonchev–Trinajstić information content (AvgIpc) is 3.37. The van der Waals surface area contributed by atoms with Crippen molar-refractivity contribution in [3.63, 3.8) is 0 Å². The van der Waals surface area contributed by atoms with E-state index in [1.165, 1.54) is 17.7 Å². The molecule has 0 saturated carbocycles. The van der Waals surface area contributed by atoms with E-state index in [1.807, 2.05) is 20.8 Å². The van der Waals surface area contributed by atoms with Crippen molar-refractivity contribution >= 4 is 47.0 Å². The van der Waals surface area contributed by atoms with Gasteiger partial charge in [-0.25, -0.2) is 9.19 Å².